The molecule has 0 aliphatic rings. The van der Waals surface area contributed by atoms with Crippen molar-refractivity contribution in [2.75, 3.05) is 24.0 Å². The number of aryl methyl sites for hydroxylation is 1. The van der Waals surface area contributed by atoms with Gasteiger partial charge in [-0.25, -0.2) is 13.0 Å². The Bertz CT molecular complexity index is 972. The van der Waals surface area contributed by atoms with E-state index in [2.05, 4.69) is 14.9 Å². The Morgan fingerprint density at radius 3 is 2.50 bits per heavy atom. The summed E-state index contributed by atoms with van der Waals surface area (Å²) in [7, 11) is -3.88. The lowest BCUT2D eigenvalue weighted by molar-refractivity contribution is 0.0991. The second-order valence-corrected chi connectivity index (χ2v) is 9.48. The van der Waals surface area contributed by atoms with Crippen molar-refractivity contribution in [1.29, 1.82) is 0 Å². The highest BCUT2D eigenvalue weighted by atomic mass is 35.5. The number of rotatable bonds is 6. The van der Waals surface area contributed by atoms with Crippen LogP contribution in [0.25, 0.3) is 0 Å². The molecule has 0 radical (unpaired) electrons. The summed E-state index contributed by atoms with van der Waals surface area (Å²) in [6.45, 7) is 3.43. The zero-order valence-corrected chi connectivity index (χ0v) is 17.0. The predicted octanol–water partition coefficient (Wildman–Crippen LogP) is 2.23. The van der Waals surface area contributed by atoms with Crippen LogP contribution in [0.1, 0.15) is 29.4 Å². The van der Waals surface area contributed by atoms with Gasteiger partial charge in [0.15, 0.2) is 9.84 Å². The summed E-state index contributed by atoms with van der Waals surface area (Å²) >= 11 is 6.33. The van der Waals surface area contributed by atoms with E-state index >= 15 is 0 Å². The van der Waals surface area contributed by atoms with Crippen LogP contribution < -0.4 is 4.90 Å². The van der Waals surface area contributed by atoms with Crippen LogP contribution in [0, 0.1) is 6.92 Å². The van der Waals surface area contributed by atoms with Crippen molar-refractivity contribution in [2.45, 2.75) is 30.1 Å². The molecule has 1 aromatic carbocycles. The number of benzene rings is 1. The number of hydrogen-bond donors (Lipinski definition) is 0. The first-order valence-corrected chi connectivity index (χ1v) is 11.2. The Morgan fingerprint density at radius 1 is 1.35 bits per heavy atom. The molecule has 0 aliphatic carbocycles. The molecule has 0 fully saturated rings. The summed E-state index contributed by atoms with van der Waals surface area (Å²) in [5, 5.41) is 7.12. The van der Waals surface area contributed by atoms with Gasteiger partial charge in [0.25, 0.3) is 5.91 Å². The van der Waals surface area contributed by atoms with E-state index < -0.39 is 26.5 Å². The second-order valence-electron chi connectivity index (χ2n) is 5.61. The van der Waals surface area contributed by atoms with E-state index in [1.807, 2.05) is 6.92 Å². The lowest BCUT2D eigenvalue weighted by atomic mass is 10.2. The fraction of sp³-hybridized carbons (Fsp3) is 0.400. The molecule has 26 heavy (non-hydrogen) atoms. The van der Waals surface area contributed by atoms with Crippen molar-refractivity contribution in [3.05, 3.63) is 28.4 Å². The third kappa shape index (κ3) is 3.97. The second kappa shape index (κ2) is 7.85. The third-order valence-electron chi connectivity index (χ3n) is 3.56. The number of aromatic nitrogens is 2. The number of carbonyl (C=O) groups excluding carboxylic acids is 1. The summed E-state index contributed by atoms with van der Waals surface area (Å²) in [5.74, 6) is -0.125. The third-order valence-corrected chi connectivity index (χ3v) is 6.99. The fourth-order valence-corrected chi connectivity index (χ4v) is 5.53. The molecule has 1 aromatic heterocycles. The monoisotopic (exact) mass is 419 g/mol. The molecule has 1 heterocycles. The lowest BCUT2D eigenvalue weighted by Gasteiger charge is -2.17. The molecule has 0 spiro atoms. The molecule has 1 unspecified atom stereocenters. The molecule has 1 atom stereocenters. The summed E-state index contributed by atoms with van der Waals surface area (Å²) < 4.78 is 41.2. The molecule has 8 nitrogen and oxygen atoms in total. The molecule has 1 amide bonds. The van der Waals surface area contributed by atoms with Crippen LogP contribution in [0.15, 0.2) is 26.6 Å². The highest BCUT2D eigenvalue weighted by Gasteiger charge is 2.28. The summed E-state index contributed by atoms with van der Waals surface area (Å²) in [4.78, 5) is 13.8. The Balaban J connectivity index is 2.61. The van der Waals surface area contributed by atoms with Crippen LogP contribution in [-0.2, 0) is 20.6 Å². The number of amides is 1. The van der Waals surface area contributed by atoms with Crippen molar-refractivity contribution in [2.24, 2.45) is 0 Å². The predicted molar refractivity (Wildman–Crippen MR) is 97.9 cm³/mol. The highest BCUT2D eigenvalue weighted by molar-refractivity contribution is 7.92. The van der Waals surface area contributed by atoms with Gasteiger partial charge in [-0.1, -0.05) is 23.7 Å². The average Bonchev–Trinajstić information content (AvgIpc) is 2.98. The van der Waals surface area contributed by atoms with Gasteiger partial charge in [0.1, 0.15) is 5.69 Å². The summed E-state index contributed by atoms with van der Waals surface area (Å²) in [5.41, 5.74) is 0.419. The quantitative estimate of drug-likeness (QED) is 0.705. The number of halogens is 1. The topological polar surface area (TPSA) is 110 Å². The molecule has 0 N–H and O–H groups in total. The van der Waals surface area contributed by atoms with Gasteiger partial charge in [-0.05, 0) is 30.6 Å². The van der Waals surface area contributed by atoms with Crippen LogP contribution >= 0.6 is 11.6 Å². The van der Waals surface area contributed by atoms with E-state index in [-0.39, 0.29) is 31.9 Å². The van der Waals surface area contributed by atoms with Gasteiger partial charge in [-0.15, -0.1) is 0 Å². The SMILES string of the molecule is CCCS(=O)c1c(S(C)(=O)=O)ccc(C(=O)N(C)c2nonc2C)c1Cl. The average molecular weight is 420 g/mol. The van der Waals surface area contributed by atoms with Crippen molar-refractivity contribution < 1.29 is 22.1 Å². The minimum Gasteiger partial charge on any atom is -0.291 e. The zero-order chi connectivity index (χ0) is 19.6. The number of anilines is 1. The maximum absolute atomic E-state index is 12.8. The minimum atomic E-state index is -3.67. The van der Waals surface area contributed by atoms with Gasteiger partial charge in [-0.3, -0.25) is 13.9 Å². The normalized spacial score (nSPS) is 12.8. The van der Waals surface area contributed by atoms with Crippen LogP contribution in [0.4, 0.5) is 5.82 Å². The van der Waals surface area contributed by atoms with Gasteiger partial charge in [-0.2, -0.15) is 0 Å². The Morgan fingerprint density at radius 2 is 2.00 bits per heavy atom. The van der Waals surface area contributed by atoms with Crippen LogP contribution in [0.5, 0.6) is 0 Å². The number of hydrogen-bond acceptors (Lipinski definition) is 7. The van der Waals surface area contributed by atoms with E-state index in [1.165, 1.54) is 24.1 Å². The Kier molecular flexibility index (Phi) is 6.20. The van der Waals surface area contributed by atoms with E-state index in [1.54, 1.807) is 6.92 Å². The molecule has 2 aromatic rings. The summed E-state index contributed by atoms with van der Waals surface area (Å²) in [6, 6.07) is 2.55. The van der Waals surface area contributed by atoms with Crippen molar-refractivity contribution >= 4 is 44.0 Å². The van der Waals surface area contributed by atoms with Crippen molar-refractivity contribution in [3.63, 3.8) is 0 Å². The van der Waals surface area contributed by atoms with Crippen LogP contribution in [0.2, 0.25) is 5.02 Å². The molecule has 142 valence electrons. The van der Waals surface area contributed by atoms with Crippen molar-refractivity contribution in [1.82, 2.24) is 10.3 Å². The molecule has 0 saturated carbocycles. The molecular weight excluding hydrogens is 402 g/mol. The lowest BCUT2D eigenvalue weighted by Crippen LogP contribution is -2.28. The number of sulfone groups is 1. The Labute approximate surface area is 158 Å². The van der Waals surface area contributed by atoms with Gasteiger partial charge < -0.3 is 0 Å². The van der Waals surface area contributed by atoms with E-state index in [0.29, 0.717) is 12.1 Å². The van der Waals surface area contributed by atoms with Gasteiger partial charge in [0.05, 0.1) is 31.2 Å². The standard InChI is InChI=1S/C15H18ClN3O5S2/c1-5-8-25(21)13-11(26(4,22)23)7-6-10(12(13)16)15(20)19(3)14-9(2)17-24-18-14/h6-7H,5,8H2,1-4H3. The summed E-state index contributed by atoms with van der Waals surface area (Å²) in [6.07, 6.45) is 1.57. The van der Waals surface area contributed by atoms with Gasteiger partial charge in [0.2, 0.25) is 5.82 Å². The Hall–Kier alpha value is -1.78. The molecular formula is C15H18ClN3O5S2. The maximum Gasteiger partial charge on any atom is 0.260 e. The highest BCUT2D eigenvalue weighted by Crippen LogP contribution is 2.32. The molecule has 2 rings (SSSR count). The molecule has 0 bridgehead atoms. The van der Waals surface area contributed by atoms with Crippen LogP contribution in [0.3, 0.4) is 0 Å². The molecule has 0 aliphatic heterocycles. The molecule has 0 saturated heterocycles. The number of carbonyl (C=O) groups is 1. The van der Waals surface area contributed by atoms with Crippen LogP contribution in [-0.4, -0.2) is 47.9 Å². The van der Waals surface area contributed by atoms with Gasteiger partial charge >= 0.3 is 0 Å². The first kappa shape index (κ1) is 20.5. The first-order chi connectivity index (χ1) is 12.1. The van der Waals surface area contributed by atoms with Gasteiger partial charge in [0, 0.05) is 19.1 Å². The fourth-order valence-electron chi connectivity index (χ4n) is 2.30. The zero-order valence-electron chi connectivity index (χ0n) is 14.6. The largest absolute Gasteiger partial charge is 0.291 e. The van der Waals surface area contributed by atoms with E-state index in [4.69, 9.17) is 11.6 Å². The minimum absolute atomic E-state index is 0.0171. The molecule has 11 heteroatoms. The van der Waals surface area contributed by atoms with E-state index in [9.17, 15) is 17.4 Å². The smallest absolute Gasteiger partial charge is 0.260 e. The van der Waals surface area contributed by atoms with E-state index in [0.717, 1.165) is 6.26 Å². The number of nitrogens with zero attached hydrogens (tertiary/aromatic N) is 3. The van der Waals surface area contributed by atoms with Crippen molar-refractivity contribution in [3.8, 4) is 0 Å². The first-order valence-electron chi connectivity index (χ1n) is 7.57. The maximum atomic E-state index is 12.8.